The second-order valence-corrected chi connectivity index (χ2v) is 5.19. The Balaban J connectivity index is 2.18. The predicted octanol–water partition coefficient (Wildman–Crippen LogP) is 2.54. The standard InChI is InChI=1S/C16H23N3O/c1-3-12(11-17)9-13(20)10-16-18-14-7-5-6-8-15(14)19(16)4-2/h5-8,12H,3-4,9-11,17H2,1-2H3. The van der Waals surface area contributed by atoms with E-state index >= 15 is 0 Å². The maximum atomic E-state index is 12.2. The number of Topliss-reactive ketones (excluding diaryl/α,β-unsaturated/α-hetero) is 1. The van der Waals surface area contributed by atoms with Crippen LogP contribution in [-0.4, -0.2) is 21.9 Å². The largest absolute Gasteiger partial charge is 0.330 e. The van der Waals surface area contributed by atoms with E-state index in [1.807, 2.05) is 18.2 Å². The van der Waals surface area contributed by atoms with E-state index in [1.54, 1.807) is 0 Å². The fourth-order valence-electron chi connectivity index (χ4n) is 2.58. The van der Waals surface area contributed by atoms with Crippen LogP contribution in [0.25, 0.3) is 11.0 Å². The fraction of sp³-hybridized carbons (Fsp3) is 0.500. The fourth-order valence-corrected chi connectivity index (χ4v) is 2.58. The average Bonchev–Trinajstić information content (AvgIpc) is 2.81. The van der Waals surface area contributed by atoms with Crippen molar-refractivity contribution in [1.82, 2.24) is 9.55 Å². The van der Waals surface area contributed by atoms with Crippen molar-refractivity contribution < 1.29 is 4.79 Å². The van der Waals surface area contributed by atoms with E-state index in [0.717, 1.165) is 29.8 Å². The molecule has 0 saturated heterocycles. The molecule has 0 aliphatic carbocycles. The molecule has 1 atom stereocenters. The maximum Gasteiger partial charge on any atom is 0.140 e. The molecule has 20 heavy (non-hydrogen) atoms. The molecule has 4 heteroatoms. The van der Waals surface area contributed by atoms with E-state index < -0.39 is 0 Å². The zero-order valence-electron chi connectivity index (χ0n) is 12.3. The van der Waals surface area contributed by atoms with Gasteiger partial charge in [-0.2, -0.15) is 0 Å². The Morgan fingerprint density at radius 3 is 2.75 bits per heavy atom. The minimum absolute atomic E-state index is 0.229. The lowest BCUT2D eigenvalue weighted by Gasteiger charge is -2.11. The molecule has 0 aliphatic heterocycles. The third-order valence-corrected chi connectivity index (χ3v) is 3.83. The Morgan fingerprint density at radius 2 is 2.10 bits per heavy atom. The minimum atomic E-state index is 0.229. The monoisotopic (exact) mass is 273 g/mol. The smallest absolute Gasteiger partial charge is 0.140 e. The van der Waals surface area contributed by atoms with Crippen molar-refractivity contribution in [1.29, 1.82) is 0 Å². The number of ketones is 1. The zero-order valence-corrected chi connectivity index (χ0v) is 12.3. The number of nitrogens with two attached hydrogens (primary N) is 1. The van der Waals surface area contributed by atoms with Crippen molar-refractivity contribution in [2.24, 2.45) is 11.7 Å². The van der Waals surface area contributed by atoms with Crippen LogP contribution in [0.5, 0.6) is 0 Å². The van der Waals surface area contributed by atoms with Crippen LogP contribution in [0.3, 0.4) is 0 Å². The SMILES string of the molecule is CCC(CN)CC(=O)Cc1nc2ccccc2n1CC. The number of hydrogen-bond donors (Lipinski definition) is 1. The lowest BCUT2D eigenvalue weighted by atomic mass is 9.98. The van der Waals surface area contributed by atoms with Crippen LogP contribution in [0.2, 0.25) is 0 Å². The number of imidazole rings is 1. The Hall–Kier alpha value is -1.68. The van der Waals surface area contributed by atoms with Crippen molar-refractivity contribution in [3.8, 4) is 0 Å². The van der Waals surface area contributed by atoms with Crippen molar-refractivity contribution in [3.63, 3.8) is 0 Å². The summed E-state index contributed by atoms with van der Waals surface area (Å²) in [7, 11) is 0. The van der Waals surface area contributed by atoms with Gasteiger partial charge in [-0.05, 0) is 31.5 Å². The highest BCUT2D eigenvalue weighted by Crippen LogP contribution is 2.17. The molecule has 0 aliphatic rings. The van der Waals surface area contributed by atoms with E-state index in [9.17, 15) is 4.79 Å². The summed E-state index contributed by atoms with van der Waals surface area (Å²) in [4.78, 5) is 16.8. The number of fused-ring (bicyclic) bond motifs is 1. The number of carbonyl (C=O) groups is 1. The first-order valence-electron chi connectivity index (χ1n) is 7.35. The summed E-state index contributed by atoms with van der Waals surface area (Å²) in [5, 5.41) is 0. The summed E-state index contributed by atoms with van der Waals surface area (Å²) >= 11 is 0. The number of carbonyl (C=O) groups excluding carboxylic acids is 1. The zero-order chi connectivity index (χ0) is 14.5. The number of hydrogen-bond acceptors (Lipinski definition) is 3. The molecule has 108 valence electrons. The molecule has 0 fully saturated rings. The highest BCUT2D eigenvalue weighted by molar-refractivity contribution is 5.82. The molecule has 4 nitrogen and oxygen atoms in total. The van der Waals surface area contributed by atoms with E-state index in [0.29, 0.717) is 25.3 Å². The molecular formula is C16H23N3O. The minimum Gasteiger partial charge on any atom is -0.330 e. The van der Waals surface area contributed by atoms with Crippen molar-refractivity contribution >= 4 is 16.8 Å². The second-order valence-electron chi connectivity index (χ2n) is 5.19. The predicted molar refractivity (Wildman–Crippen MR) is 81.6 cm³/mol. The number of nitrogens with zero attached hydrogens (tertiary/aromatic N) is 2. The van der Waals surface area contributed by atoms with E-state index in [2.05, 4.69) is 29.5 Å². The first-order valence-corrected chi connectivity index (χ1v) is 7.35. The Morgan fingerprint density at radius 1 is 1.35 bits per heavy atom. The number of para-hydroxylation sites is 2. The van der Waals surface area contributed by atoms with Gasteiger partial charge in [0.1, 0.15) is 11.6 Å². The van der Waals surface area contributed by atoms with Gasteiger partial charge in [0.15, 0.2) is 0 Å². The molecule has 1 heterocycles. The van der Waals surface area contributed by atoms with E-state index in [1.165, 1.54) is 0 Å². The van der Waals surface area contributed by atoms with Crippen LogP contribution in [0.15, 0.2) is 24.3 Å². The molecule has 2 N–H and O–H groups in total. The molecule has 2 aromatic rings. The van der Waals surface area contributed by atoms with Gasteiger partial charge in [0.2, 0.25) is 0 Å². The first-order chi connectivity index (χ1) is 9.69. The van der Waals surface area contributed by atoms with Crippen molar-refractivity contribution in [2.75, 3.05) is 6.54 Å². The third kappa shape index (κ3) is 3.07. The second kappa shape index (κ2) is 6.66. The molecule has 0 amide bonds. The molecule has 0 radical (unpaired) electrons. The Kier molecular flexibility index (Phi) is 4.90. The van der Waals surface area contributed by atoms with Crippen LogP contribution in [0.4, 0.5) is 0 Å². The average molecular weight is 273 g/mol. The summed E-state index contributed by atoms with van der Waals surface area (Å²) in [5.41, 5.74) is 7.73. The lowest BCUT2D eigenvalue weighted by Crippen LogP contribution is -2.19. The normalized spacial score (nSPS) is 12.8. The van der Waals surface area contributed by atoms with Gasteiger partial charge in [-0.15, -0.1) is 0 Å². The molecular weight excluding hydrogens is 250 g/mol. The van der Waals surface area contributed by atoms with Gasteiger partial charge in [-0.1, -0.05) is 25.5 Å². The van der Waals surface area contributed by atoms with E-state index in [-0.39, 0.29) is 5.78 Å². The highest BCUT2D eigenvalue weighted by atomic mass is 16.1. The Labute approximate surface area is 120 Å². The summed E-state index contributed by atoms with van der Waals surface area (Å²) in [6.45, 7) is 5.56. The van der Waals surface area contributed by atoms with Gasteiger partial charge in [-0.25, -0.2) is 4.98 Å². The van der Waals surface area contributed by atoms with Gasteiger partial charge < -0.3 is 10.3 Å². The first kappa shape index (κ1) is 14.7. The molecule has 1 aromatic carbocycles. The van der Waals surface area contributed by atoms with Gasteiger partial charge >= 0.3 is 0 Å². The number of rotatable bonds is 7. The molecule has 0 spiro atoms. The molecule has 1 unspecified atom stereocenters. The van der Waals surface area contributed by atoms with Gasteiger partial charge in [0, 0.05) is 13.0 Å². The summed E-state index contributed by atoms with van der Waals surface area (Å²) in [6.07, 6.45) is 1.91. The number of benzene rings is 1. The number of aryl methyl sites for hydroxylation is 1. The van der Waals surface area contributed by atoms with Gasteiger partial charge in [-0.3, -0.25) is 4.79 Å². The molecule has 0 bridgehead atoms. The highest BCUT2D eigenvalue weighted by Gasteiger charge is 2.15. The summed E-state index contributed by atoms with van der Waals surface area (Å²) < 4.78 is 2.12. The number of aromatic nitrogens is 2. The van der Waals surface area contributed by atoms with Crippen LogP contribution in [0.1, 0.15) is 32.5 Å². The van der Waals surface area contributed by atoms with E-state index in [4.69, 9.17) is 5.73 Å². The summed E-state index contributed by atoms with van der Waals surface area (Å²) in [6, 6.07) is 8.02. The quantitative estimate of drug-likeness (QED) is 0.843. The van der Waals surface area contributed by atoms with Crippen LogP contribution in [0, 0.1) is 5.92 Å². The van der Waals surface area contributed by atoms with Crippen molar-refractivity contribution in [2.45, 2.75) is 39.7 Å². The third-order valence-electron chi connectivity index (χ3n) is 3.83. The van der Waals surface area contributed by atoms with Crippen LogP contribution < -0.4 is 5.73 Å². The topological polar surface area (TPSA) is 60.9 Å². The lowest BCUT2D eigenvalue weighted by molar-refractivity contribution is -0.119. The maximum absolute atomic E-state index is 12.2. The molecule has 0 saturated carbocycles. The molecule has 2 rings (SSSR count). The molecule has 1 aromatic heterocycles. The summed E-state index contributed by atoms with van der Waals surface area (Å²) in [5.74, 6) is 1.39. The van der Waals surface area contributed by atoms with Crippen molar-refractivity contribution in [3.05, 3.63) is 30.1 Å². The van der Waals surface area contributed by atoms with Crippen LogP contribution in [-0.2, 0) is 17.8 Å². The van der Waals surface area contributed by atoms with Gasteiger partial charge in [0.25, 0.3) is 0 Å². The Bertz CT molecular complexity index is 584. The van der Waals surface area contributed by atoms with Crippen LogP contribution >= 0.6 is 0 Å². The van der Waals surface area contributed by atoms with Gasteiger partial charge in [0.05, 0.1) is 17.5 Å².